The number of nitrogens with two attached hydrogens (primary N) is 1. The minimum absolute atomic E-state index is 0.00995. The average Bonchev–Trinajstić information content (AvgIpc) is 3.38. The number of anilines is 1. The van der Waals surface area contributed by atoms with Crippen LogP contribution in [0.2, 0.25) is 0 Å². The Labute approximate surface area is 201 Å². The van der Waals surface area contributed by atoms with Gasteiger partial charge < -0.3 is 20.5 Å². The standard InChI is InChI=1S/C22H18N4O6S2/c1-2-10-8-33-18-15(25-14(27)7-11-9-34-22(23)24-11)17(28)26(18)16(10)20(30)32-21-13-6-4-3-5-12(13)19(29)31-21/h2-6,9,15,18,21H,1,7-8H2,(H2,23,24)(H,25,27)/t15?,18-,21?/m1/s1. The number of allylic oxidation sites excluding steroid dienone is 1. The van der Waals surface area contributed by atoms with Crippen molar-refractivity contribution in [2.24, 2.45) is 0 Å². The van der Waals surface area contributed by atoms with Crippen LogP contribution in [0.4, 0.5) is 5.13 Å². The molecule has 5 rings (SSSR count). The van der Waals surface area contributed by atoms with Crippen molar-refractivity contribution in [1.29, 1.82) is 0 Å². The lowest BCUT2D eigenvalue weighted by atomic mass is 10.0. The highest BCUT2D eigenvalue weighted by Crippen LogP contribution is 2.42. The molecular weight excluding hydrogens is 480 g/mol. The van der Waals surface area contributed by atoms with Crippen LogP contribution in [0.5, 0.6) is 0 Å². The van der Waals surface area contributed by atoms with E-state index >= 15 is 0 Å². The highest BCUT2D eigenvalue weighted by atomic mass is 32.2. The molecule has 3 aliphatic heterocycles. The van der Waals surface area contributed by atoms with Crippen LogP contribution in [-0.2, 0) is 30.3 Å². The van der Waals surface area contributed by atoms with Crippen LogP contribution in [0.1, 0.15) is 27.9 Å². The van der Waals surface area contributed by atoms with Gasteiger partial charge in [-0.3, -0.25) is 14.5 Å². The first-order valence-corrected chi connectivity index (χ1v) is 12.1. The lowest BCUT2D eigenvalue weighted by molar-refractivity contribution is -0.168. The molecule has 12 heteroatoms. The van der Waals surface area contributed by atoms with E-state index in [0.717, 1.165) is 0 Å². The minimum Gasteiger partial charge on any atom is -0.417 e. The molecule has 0 bridgehead atoms. The van der Waals surface area contributed by atoms with Crippen molar-refractivity contribution in [3.05, 3.63) is 70.4 Å². The van der Waals surface area contributed by atoms with Gasteiger partial charge in [0.15, 0.2) is 5.13 Å². The SMILES string of the molecule is C=CC1=C(C(=O)OC2OC(=O)c3ccccc32)N2C(=O)C(NC(=O)Cc3csc(N)n3)[C@H]2SC1. The molecule has 0 spiro atoms. The molecule has 3 N–H and O–H groups in total. The van der Waals surface area contributed by atoms with E-state index in [1.807, 2.05) is 0 Å². The highest BCUT2D eigenvalue weighted by molar-refractivity contribution is 8.00. The van der Waals surface area contributed by atoms with Crippen LogP contribution in [0, 0.1) is 0 Å². The molecule has 4 heterocycles. The van der Waals surface area contributed by atoms with Gasteiger partial charge >= 0.3 is 11.9 Å². The Morgan fingerprint density at radius 2 is 2.15 bits per heavy atom. The molecule has 1 fully saturated rings. The highest BCUT2D eigenvalue weighted by Gasteiger charge is 2.54. The number of thiazole rings is 1. The summed E-state index contributed by atoms with van der Waals surface area (Å²) in [5.41, 5.74) is 7.41. The van der Waals surface area contributed by atoms with Gasteiger partial charge in [0.05, 0.1) is 17.7 Å². The third-order valence-electron chi connectivity index (χ3n) is 5.53. The van der Waals surface area contributed by atoms with E-state index in [9.17, 15) is 19.2 Å². The fourth-order valence-electron chi connectivity index (χ4n) is 3.93. The van der Waals surface area contributed by atoms with E-state index in [-0.39, 0.29) is 18.0 Å². The van der Waals surface area contributed by atoms with Crippen molar-refractivity contribution < 1.29 is 28.7 Å². The van der Waals surface area contributed by atoms with Gasteiger partial charge in [-0.1, -0.05) is 30.9 Å². The van der Waals surface area contributed by atoms with Gasteiger partial charge in [-0.2, -0.15) is 0 Å². The van der Waals surface area contributed by atoms with E-state index in [2.05, 4.69) is 16.9 Å². The predicted octanol–water partition coefficient (Wildman–Crippen LogP) is 1.52. The number of rotatable bonds is 6. The Morgan fingerprint density at radius 1 is 1.35 bits per heavy atom. The van der Waals surface area contributed by atoms with E-state index in [1.54, 1.807) is 29.6 Å². The minimum atomic E-state index is -1.21. The van der Waals surface area contributed by atoms with Crippen LogP contribution in [0.25, 0.3) is 0 Å². The number of nitrogens with zero attached hydrogens (tertiary/aromatic N) is 2. The van der Waals surface area contributed by atoms with Crippen molar-refractivity contribution in [1.82, 2.24) is 15.2 Å². The van der Waals surface area contributed by atoms with Crippen molar-refractivity contribution in [2.75, 3.05) is 11.5 Å². The number of ether oxygens (including phenoxy) is 2. The van der Waals surface area contributed by atoms with Gasteiger partial charge in [0.2, 0.25) is 5.91 Å². The summed E-state index contributed by atoms with van der Waals surface area (Å²) < 4.78 is 10.7. The molecule has 1 aromatic carbocycles. The number of esters is 2. The van der Waals surface area contributed by atoms with Crippen LogP contribution in [-0.4, -0.2) is 50.8 Å². The first-order chi connectivity index (χ1) is 16.4. The molecule has 0 aliphatic carbocycles. The van der Waals surface area contributed by atoms with Crippen LogP contribution in [0.15, 0.2) is 53.6 Å². The number of thioether (sulfide) groups is 1. The number of benzene rings is 1. The molecule has 3 atom stereocenters. The Bertz CT molecular complexity index is 1270. The van der Waals surface area contributed by atoms with E-state index in [1.165, 1.54) is 34.1 Å². The van der Waals surface area contributed by atoms with Crippen molar-refractivity contribution in [2.45, 2.75) is 24.1 Å². The predicted molar refractivity (Wildman–Crippen MR) is 123 cm³/mol. The maximum absolute atomic E-state index is 13.1. The number of carbonyl (C=O) groups is 4. The Balaban J connectivity index is 1.30. The summed E-state index contributed by atoms with van der Waals surface area (Å²) in [5.74, 6) is -1.84. The second-order valence-electron chi connectivity index (χ2n) is 7.62. The number of fused-ring (bicyclic) bond motifs is 2. The quantitative estimate of drug-likeness (QED) is 0.448. The summed E-state index contributed by atoms with van der Waals surface area (Å²) in [5, 5.41) is 4.27. The Morgan fingerprint density at radius 3 is 2.88 bits per heavy atom. The van der Waals surface area contributed by atoms with Crippen molar-refractivity contribution >= 4 is 52.0 Å². The molecule has 10 nitrogen and oxygen atoms in total. The second-order valence-corrected chi connectivity index (χ2v) is 9.61. The molecule has 1 saturated heterocycles. The van der Waals surface area contributed by atoms with Gasteiger partial charge in [-0.25, -0.2) is 14.6 Å². The monoisotopic (exact) mass is 498 g/mol. The van der Waals surface area contributed by atoms with Gasteiger partial charge in [0, 0.05) is 16.7 Å². The molecule has 0 radical (unpaired) electrons. The summed E-state index contributed by atoms with van der Waals surface area (Å²) in [7, 11) is 0. The van der Waals surface area contributed by atoms with Crippen molar-refractivity contribution in [3.8, 4) is 0 Å². The first kappa shape index (κ1) is 22.2. The lowest BCUT2D eigenvalue weighted by Crippen LogP contribution is -2.70. The van der Waals surface area contributed by atoms with E-state index in [0.29, 0.717) is 33.3 Å². The van der Waals surface area contributed by atoms with Crippen LogP contribution < -0.4 is 11.1 Å². The normalized spacial score (nSPS) is 22.9. The number of hydrogen-bond donors (Lipinski definition) is 2. The number of carbonyl (C=O) groups excluding carboxylic acids is 4. The Kier molecular flexibility index (Phi) is 5.62. The zero-order valence-corrected chi connectivity index (χ0v) is 19.2. The average molecular weight is 499 g/mol. The summed E-state index contributed by atoms with van der Waals surface area (Å²) in [6.07, 6.45) is 0.268. The number of nitrogen functional groups attached to an aromatic ring is 1. The second kappa shape index (κ2) is 8.61. The molecule has 2 aromatic rings. The molecule has 0 saturated carbocycles. The maximum Gasteiger partial charge on any atom is 0.358 e. The third-order valence-corrected chi connectivity index (χ3v) is 7.55. The summed E-state index contributed by atoms with van der Waals surface area (Å²) in [4.78, 5) is 55.9. The number of aromatic nitrogens is 1. The molecular formula is C22H18N4O6S2. The number of nitrogens with one attached hydrogen (secondary N) is 1. The molecule has 3 aliphatic rings. The van der Waals surface area contributed by atoms with Gasteiger partial charge in [-0.05, 0) is 11.6 Å². The number of cyclic esters (lactones) is 1. The van der Waals surface area contributed by atoms with Crippen LogP contribution in [0.3, 0.4) is 0 Å². The lowest BCUT2D eigenvalue weighted by Gasteiger charge is -2.49. The fourth-order valence-corrected chi connectivity index (χ4v) is 5.84. The van der Waals surface area contributed by atoms with Gasteiger partial charge in [-0.15, -0.1) is 23.1 Å². The smallest absolute Gasteiger partial charge is 0.358 e. The van der Waals surface area contributed by atoms with Crippen molar-refractivity contribution in [3.63, 3.8) is 0 Å². The zero-order chi connectivity index (χ0) is 24.0. The Hall–Kier alpha value is -3.64. The molecule has 2 amide bonds. The first-order valence-electron chi connectivity index (χ1n) is 10.2. The maximum atomic E-state index is 13.1. The zero-order valence-electron chi connectivity index (χ0n) is 17.6. The molecule has 174 valence electrons. The summed E-state index contributed by atoms with van der Waals surface area (Å²) in [6.45, 7) is 3.73. The largest absolute Gasteiger partial charge is 0.417 e. The number of amides is 2. The summed E-state index contributed by atoms with van der Waals surface area (Å²) in [6, 6.07) is 5.81. The summed E-state index contributed by atoms with van der Waals surface area (Å²) >= 11 is 2.63. The third kappa shape index (κ3) is 3.74. The van der Waals surface area contributed by atoms with Crippen LogP contribution >= 0.6 is 23.1 Å². The van der Waals surface area contributed by atoms with Gasteiger partial charge in [0.1, 0.15) is 17.1 Å². The van der Waals surface area contributed by atoms with E-state index in [4.69, 9.17) is 15.2 Å². The van der Waals surface area contributed by atoms with E-state index < -0.39 is 35.6 Å². The molecule has 34 heavy (non-hydrogen) atoms. The molecule has 2 unspecified atom stereocenters. The van der Waals surface area contributed by atoms with Gasteiger partial charge in [0.25, 0.3) is 12.2 Å². The topological polar surface area (TPSA) is 141 Å². The molecule has 1 aromatic heterocycles. The fraction of sp³-hybridized carbons (Fsp3) is 0.227. The number of hydrogen-bond acceptors (Lipinski definition) is 10. The number of β-lactam (4-membered cyclic amide) rings is 1.